The highest BCUT2D eigenvalue weighted by Crippen LogP contribution is 2.32. The number of amides is 1. The van der Waals surface area contributed by atoms with Gasteiger partial charge in [0.2, 0.25) is 5.91 Å². The van der Waals surface area contributed by atoms with E-state index >= 15 is 0 Å². The largest absolute Gasteiger partial charge is 0.392 e. The fourth-order valence-corrected chi connectivity index (χ4v) is 5.08. The summed E-state index contributed by atoms with van der Waals surface area (Å²) in [6, 6.07) is 0.458. The van der Waals surface area contributed by atoms with Gasteiger partial charge in [-0.3, -0.25) is 20.7 Å². The minimum absolute atomic E-state index is 0.0932. The van der Waals surface area contributed by atoms with Crippen molar-refractivity contribution in [3.05, 3.63) is 0 Å². The molecule has 0 aromatic heterocycles. The SMILES string of the molecule is COC1CCC(C2CNC(NC3CCC(C(=O)NCC(C)O)CC3)NC2)CC1. The fraction of sp³-hybridized carbons (Fsp3) is 0.952. The number of rotatable bonds is 7. The van der Waals surface area contributed by atoms with Crippen molar-refractivity contribution in [1.29, 1.82) is 0 Å². The molecule has 3 fully saturated rings. The van der Waals surface area contributed by atoms with E-state index in [-0.39, 0.29) is 18.1 Å². The van der Waals surface area contributed by atoms with E-state index in [4.69, 9.17) is 4.74 Å². The third-order valence-electron chi connectivity index (χ3n) is 6.96. The Balaban J connectivity index is 1.31. The standard InChI is InChI=1S/C21H40N4O3/c1-14(26)11-22-20(27)16-3-7-18(8-4-16)25-21-23-12-17(13-24-21)15-5-9-19(28-2)10-6-15/h14-19,21,23-26H,3-13H2,1-2H3,(H,22,27). The molecule has 5 N–H and O–H groups in total. The van der Waals surface area contributed by atoms with E-state index in [0.717, 1.165) is 44.7 Å². The highest BCUT2D eigenvalue weighted by atomic mass is 16.5. The Bertz CT molecular complexity index is 466. The minimum Gasteiger partial charge on any atom is -0.392 e. The summed E-state index contributed by atoms with van der Waals surface area (Å²) in [6.07, 6.45) is 9.02. The Kier molecular flexibility index (Phi) is 8.53. The van der Waals surface area contributed by atoms with Gasteiger partial charge in [-0.2, -0.15) is 0 Å². The van der Waals surface area contributed by atoms with Crippen LogP contribution >= 0.6 is 0 Å². The zero-order valence-corrected chi connectivity index (χ0v) is 17.6. The molecule has 2 saturated carbocycles. The molecule has 1 unspecified atom stereocenters. The topological polar surface area (TPSA) is 94.7 Å². The van der Waals surface area contributed by atoms with Crippen molar-refractivity contribution in [2.45, 2.75) is 82.8 Å². The molecule has 3 rings (SSSR count). The first-order valence-corrected chi connectivity index (χ1v) is 11.3. The summed E-state index contributed by atoms with van der Waals surface area (Å²) < 4.78 is 5.50. The van der Waals surface area contributed by atoms with Gasteiger partial charge in [0.1, 0.15) is 6.29 Å². The summed E-state index contributed by atoms with van der Waals surface area (Å²) in [5.74, 6) is 1.71. The van der Waals surface area contributed by atoms with Crippen LogP contribution in [0.4, 0.5) is 0 Å². The molecule has 7 heteroatoms. The molecular weight excluding hydrogens is 356 g/mol. The van der Waals surface area contributed by atoms with Gasteiger partial charge in [0, 0.05) is 38.7 Å². The average Bonchev–Trinajstić information content (AvgIpc) is 2.73. The predicted molar refractivity (Wildman–Crippen MR) is 110 cm³/mol. The molecule has 28 heavy (non-hydrogen) atoms. The van der Waals surface area contributed by atoms with Crippen molar-refractivity contribution in [3.8, 4) is 0 Å². The van der Waals surface area contributed by atoms with E-state index in [1.165, 1.54) is 25.7 Å². The molecule has 0 aromatic rings. The lowest BCUT2D eigenvalue weighted by atomic mass is 9.78. The van der Waals surface area contributed by atoms with Crippen molar-refractivity contribution in [1.82, 2.24) is 21.3 Å². The lowest BCUT2D eigenvalue weighted by Crippen LogP contribution is -2.63. The monoisotopic (exact) mass is 396 g/mol. The molecule has 162 valence electrons. The van der Waals surface area contributed by atoms with Gasteiger partial charge < -0.3 is 15.2 Å². The van der Waals surface area contributed by atoms with Gasteiger partial charge in [-0.15, -0.1) is 0 Å². The molecule has 1 atom stereocenters. The maximum Gasteiger partial charge on any atom is 0.223 e. The third kappa shape index (κ3) is 6.39. The molecule has 1 saturated heterocycles. The van der Waals surface area contributed by atoms with Gasteiger partial charge in [-0.25, -0.2) is 0 Å². The summed E-state index contributed by atoms with van der Waals surface area (Å²) in [5.41, 5.74) is 0. The van der Waals surface area contributed by atoms with E-state index < -0.39 is 6.10 Å². The summed E-state index contributed by atoms with van der Waals surface area (Å²) in [4.78, 5) is 12.1. The molecule has 2 aliphatic carbocycles. The van der Waals surface area contributed by atoms with Crippen LogP contribution in [-0.2, 0) is 9.53 Å². The molecule has 0 bridgehead atoms. The average molecular weight is 397 g/mol. The maximum absolute atomic E-state index is 12.1. The second-order valence-corrected chi connectivity index (χ2v) is 9.09. The van der Waals surface area contributed by atoms with Crippen LogP contribution in [0.5, 0.6) is 0 Å². The molecule has 0 spiro atoms. The van der Waals surface area contributed by atoms with Crippen LogP contribution < -0.4 is 21.3 Å². The lowest BCUT2D eigenvalue weighted by molar-refractivity contribution is -0.126. The normalized spacial score (nSPS) is 38.0. The molecule has 1 amide bonds. The number of carbonyl (C=O) groups excluding carboxylic acids is 1. The van der Waals surface area contributed by atoms with Crippen LogP contribution in [0, 0.1) is 17.8 Å². The highest BCUT2D eigenvalue weighted by molar-refractivity contribution is 5.78. The number of aliphatic hydroxyl groups excluding tert-OH is 1. The van der Waals surface area contributed by atoms with Crippen molar-refractivity contribution < 1.29 is 14.6 Å². The first-order valence-electron chi connectivity index (χ1n) is 11.3. The van der Waals surface area contributed by atoms with E-state index in [9.17, 15) is 9.90 Å². The Morgan fingerprint density at radius 2 is 1.68 bits per heavy atom. The third-order valence-corrected chi connectivity index (χ3v) is 6.96. The van der Waals surface area contributed by atoms with Crippen molar-refractivity contribution in [2.24, 2.45) is 17.8 Å². The van der Waals surface area contributed by atoms with Crippen LogP contribution in [0.1, 0.15) is 58.3 Å². The molecule has 0 radical (unpaired) electrons. The van der Waals surface area contributed by atoms with Crippen molar-refractivity contribution >= 4 is 5.91 Å². The Morgan fingerprint density at radius 1 is 1.04 bits per heavy atom. The first kappa shape index (κ1) is 22.0. The molecule has 1 heterocycles. The van der Waals surface area contributed by atoms with Crippen LogP contribution in [-0.4, -0.2) is 62.3 Å². The highest BCUT2D eigenvalue weighted by Gasteiger charge is 2.32. The summed E-state index contributed by atoms with van der Waals surface area (Å²) in [6.45, 7) is 4.19. The summed E-state index contributed by atoms with van der Waals surface area (Å²) in [5, 5.41) is 23.1. The summed E-state index contributed by atoms with van der Waals surface area (Å²) >= 11 is 0. The fourth-order valence-electron chi connectivity index (χ4n) is 5.08. The van der Waals surface area contributed by atoms with E-state index in [1.807, 2.05) is 7.11 Å². The Hall–Kier alpha value is -0.730. The maximum atomic E-state index is 12.1. The van der Waals surface area contributed by atoms with Crippen molar-refractivity contribution in [2.75, 3.05) is 26.7 Å². The smallest absolute Gasteiger partial charge is 0.223 e. The molecular formula is C21H40N4O3. The van der Waals surface area contributed by atoms with Crippen LogP contribution in [0.2, 0.25) is 0 Å². The molecule has 1 aliphatic heterocycles. The van der Waals surface area contributed by atoms with Gasteiger partial charge in [0.15, 0.2) is 0 Å². The Labute approximate surface area is 169 Å². The van der Waals surface area contributed by atoms with Gasteiger partial charge in [0.25, 0.3) is 0 Å². The summed E-state index contributed by atoms with van der Waals surface area (Å²) in [7, 11) is 1.83. The van der Waals surface area contributed by atoms with Gasteiger partial charge >= 0.3 is 0 Å². The Morgan fingerprint density at radius 3 is 2.25 bits per heavy atom. The lowest BCUT2D eigenvalue weighted by Gasteiger charge is -2.40. The number of hydrogen-bond donors (Lipinski definition) is 5. The van der Waals surface area contributed by atoms with E-state index in [0.29, 0.717) is 24.6 Å². The predicted octanol–water partition coefficient (Wildman–Crippen LogP) is 0.930. The van der Waals surface area contributed by atoms with Crippen LogP contribution in [0.15, 0.2) is 0 Å². The number of hydrogen-bond acceptors (Lipinski definition) is 6. The second-order valence-electron chi connectivity index (χ2n) is 9.09. The second kappa shape index (κ2) is 10.9. The van der Waals surface area contributed by atoms with Gasteiger partial charge in [-0.05, 0) is 70.1 Å². The number of methoxy groups -OCH3 is 1. The minimum atomic E-state index is -0.482. The zero-order valence-electron chi connectivity index (χ0n) is 17.6. The van der Waals surface area contributed by atoms with E-state index in [2.05, 4.69) is 21.3 Å². The van der Waals surface area contributed by atoms with Crippen molar-refractivity contribution in [3.63, 3.8) is 0 Å². The quantitative estimate of drug-likeness (QED) is 0.440. The van der Waals surface area contributed by atoms with Gasteiger partial charge in [0.05, 0.1) is 12.2 Å². The molecule has 0 aromatic carbocycles. The van der Waals surface area contributed by atoms with Crippen LogP contribution in [0.3, 0.4) is 0 Å². The van der Waals surface area contributed by atoms with E-state index in [1.54, 1.807) is 6.92 Å². The van der Waals surface area contributed by atoms with Gasteiger partial charge in [-0.1, -0.05) is 0 Å². The number of ether oxygens (including phenoxy) is 1. The van der Waals surface area contributed by atoms with Crippen LogP contribution in [0.25, 0.3) is 0 Å². The number of nitrogens with one attached hydrogen (secondary N) is 4. The number of aliphatic hydroxyl groups is 1. The number of carbonyl (C=O) groups is 1. The molecule has 7 nitrogen and oxygen atoms in total. The first-order chi connectivity index (χ1) is 13.5. The zero-order chi connectivity index (χ0) is 19.9. The molecule has 3 aliphatic rings.